The third-order valence-electron chi connectivity index (χ3n) is 5.74. The molecule has 0 bridgehead atoms. The van der Waals surface area contributed by atoms with E-state index in [2.05, 4.69) is 10.3 Å². The molecule has 7 nitrogen and oxygen atoms in total. The summed E-state index contributed by atoms with van der Waals surface area (Å²) >= 11 is 0. The molecule has 3 atom stereocenters. The van der Waals surface area contributed by atoms with E-state index < -0.39 is 16.7 Å². The van der Waals surface area contributed by atoms with Gasteiger partial charge in [0.2, 0.25) is 5.91 Å². The highest BCUT2D eigenvalue weighted by molar-refractivity contribution is 6.01. The van der Waals surface area contributed by atoms with Crippen molar-refractivity contribution in [2.24, 2.45) is 17.1 Å². The number of aromatic amines is 1. The first kappa shape index (κ1) is 18.0. The van der Waals surface area contributed by atoms with E-state index in [1.165, 1.54) is 0 Å². The van der Waals surface area contributed by atoms with Gasteiger partial charge in [-0.15, -0.1) is 12.4 Å². The van der Waals surface area contributed by atoms with Gasteiger partial charge in [0, 0.05) is 23.6 Å². The van der Waals surface area contributed by atoms with Gasteiger partial charge in [0.15, 0.2) is 5.58 Å². The zero-order valence-corrected chi connectivity index (χ0v) is 14.9. The van der Waals surface area contributed by atoms with Crippen LogP contribution in [0, 0.1) is 11.3 Å². The van der Waals surface area contributed by atoms with Crippen molar-refractivity contribution in [3.8, 4) is 0 Å². The van der Waals surface area contributed by atoms with Crippen molar-refractivity contribution < 1.29 is 13.9 Å². The fourth-order valence-corrected chi connectivity index (χ4v) is 4.30. The highest BCUT2D eigenvalue weighted by Gasteiger charge is 2.70. The molecule has 2 fully saturated rings. The van der Waals surface area contributed by atoms with E-state index >= 15 is 0 Å². The van der Waals surface area contributed by atoms with Crippen LogP contribution in [0.5, 0.6) is 0 Å². The number of hydrogen-bond acceptors (Lipinski definition) is 5. The van der Waals surface area contributed by atoms with E-state index in [0.717, 1.165) is 19.4 Å². The van der Waals surface area contributed by atoms with Crippen molar-refractivity contribution in [1.29, 1.82) is 0 Å². The average molecular weight is 368 g/mol. The van der Waals surface area contributed by atoms with Crippen molar-refractivity contribution in [1.82, 2.24) is 4.98 Å². The minimum atomic E-state index is -0.975. The molecule has 8 heteroatoms. The van der Waals surface area contributed by atoms with Crippen LogP contribution in [0.25, 0.3) is 11.1 Å². The number of carbonyl (C=O) groups is 1. The summed E-state index contributed by atoms with van der Waals surface area (Å²) in [6.07, 6.45) is 1.84. The van der Waals surface area contributed by atoms with Gasteiger partial charge in [0.1, 0.15) is 5.54 Å². The number of rotatable bonds is 2. The van der Waals surface area contributed by atoms with Crippen molar-refractivity contribution in [3.05, 3.63) is 28.7 Å². The number of carbonyl (C=O) groups excluding carboxylic acids is 1. The predicted octanol–water partition coefficient (Wildman–Crippen LogP) is 2.01. The number of nitrogens with one attached hydrogen (secondary N) is 2. The highest BCUT2D eigenvalue weighted by Crippen LogP contribution is 2.57. The molecule has 1 amide bonds. The lowest BCUT2D eigenvalue weighted by Gasteiger charge is -2.65. The van der Waals surface area contributed by atoms with E-state index in [-0.39, 0.29) is 30.3 Å². The van der Waals surface area contributed by atoms with Crippen LogP contribution < -0.4 is 16.8 Å². The van der Waals surface area contributed by atoms with E-state index in [0.29, 0.717) is 16.8 Å². The average Bonchev–Trinajstić information content (AvgIpc) is 2.93. The Kier molecular flexibility index (Phi) is 4.21. The third kappa shape index (κ3) is 2.41. The lowest BCUT2D eigenvalue weighted by molar-refractivity contribution is -0.222. The Morgan fingerprint density at radius 1 is 1.40 bits per heavy atom. The number of fused-ring (bicyclic) bond motifs is 2. The summed E-state index contributed by atoms with van der Waals surface area (Å²) in [6, 6.07) is 5.01. The molecule has 25 heavy (non-hydrogen) atoms. The van der Waals surface area contributed by atoms with Crippen LogP contribution in [0.15, 0.2) is 27.4 Å². The number of anilines is 1. The van der Waals surface area contributed by atoms with Gasteiger partial charge in [-0.2, -0.15) is 0 Å². The van der Waals surface area contributed by atoms with Crippen LogP contribution in [0.2, 0.25) is 0 Å². The van der Waals surface area contributed by atoms with Gasteiger partial charge in [-0.25, -0.2) is 4.79 Å². The summed E-state index contributed by atoms with van der Waals surface area (Å²) in [4.78, 5) is 26.8. The van der Waals surface area contributed by atoms with Gasteiger partial charge in [-0.1, -0.05) is 13.8 Å². The molecular weight excluding hydrogens is 346 g/mol. The van der Waals surface area contributed by atoms with Crippen molar-refractivity contribution in [2.75, 3.05) is 11.9 Å². The van der Waals surface area contributed by atoms with Gasteiger partial charge < -0.3 is 20.2 Å². The van der Waals surface area contributed by atoms with E-state index in [9.17, 15) is 9.59 Å². The topological polar surface area (TPSA) is 110 Å². The quantitative estimate of drug-likeness (QED) is 0.752. The molecule has 2 aromatic rings. The molecule has 2 aliphatic rings. The molecule has 1 aliphatic carbocycles. The van der Waals surface area contributed by atoms with Gasteiger partial charge in [0.05, 0.1) is 11.6 Å². The van der Waals surface area contributed by atoms with Crippen molar-refractivity contribution >= 4 is 35.1 Å². The smallest absolute Gasteiger partial charge is 0.408 e. The number of nitrogens with two attached hydrogens (primary N) is 1. The van der Waals surface area contributed by atoms with Crippen LogP contribution in [-0.2, 0) is 9.53 Å². The van der Waals surface area contributed by atoms with Crippen molar-refractivity contribution in [2.45, 2.75) is 38.3 Å². The highest BCUT2D eigenvalue weighted by atomic mass is 35.5. The number of amides is 1. The third-order valence-corrected chi connectivity index (χ3v) is 5.74. The summed E-state index contributed by atoms with van der Waals surface area (Å²) < 4.78 is 10.8. The molecule has 3 unspecified atom stereocenters. The molecule has 1 aromatic heterocycles. The van der Waals surface area contributed by atoms with Crippen molar-refractivity contribution in [3.63, 3.8) is 0 Å². The molecule has 1 saturated heterocycles. The maximum absolute atomic E-state index is 12.9. The van der Waals surface area contributed by atoms with Crippen LogP contribution in [-0.4, -0.2) is 29.1 Å². The first-order valence-electron chi connectivity index (χ1n) is 8.19. The normalized spacial score (nSPS) is 30.0. The summed E-state index contributed by atoms with van der Waals surface area (Å²) in [5.74, 6) is -0.714. The predicted molar refractivity (Wildman–Crippen MR) is 95.9 cm³/mol. The van der Waals surface area contributed by atoms with Gasteiger partial charge >= 0.3 is 5.76 Å². The van der Waals surface area contributed by atoms with Crippen LogP contribution in [0.1, 0.15) is 26.7 Å². The Labute approximate surface area is 150 Å². The minimum Gasteiger partial charge on any atom is -0.408 e. The Balaban J connectivity index is 0.00000182. The number of H-pyrrole nitrogens is 1. The Morgan fingerprint density at radius 3 is 2.92 bits per heavy atom. The molecule has 2 heterocycles. The maximum atomic E-state index is 12.9. The standard InChI is InChI=1S/C17H21N3O4.ClH/c1-16(2)13-10(4-3-7-23-13)17(16,18)14(21)19-9-5-6-12-11(8-9)20-15(22)24-12;/h5-6,8,10,13H,3-4,7,18H2,1-2H3,(H,19,21)(H,20,22);1H. The monoisotopic (exact) mass is 367 g/mol. The number of aromatic nitrogens is 1. The molecule has 1 aromatic carbocycles. The van der Waals surface area contributed by atoms with Crippen LogP contribution in [0.4, 0.5) is 5.69 Å². The molecule has 0 spiro atoms. The zero-order chi connectivity index (χ0) is 17.1. The lowest BCUT2D eigenvalue weighted by Crippen LogP contribution is -2.81. The van der Waals surface area contributed by atoms with Crippen LogP contribution >= 0.6 is 12.4 Å². The minimum absolute atomic E-state index is 0. The number of oxazole rings is 1. The summed E-state index contributed by atoms with van der Waals surface area (Å²) in [5, 5.41) is 2.89. The van der Waals surface area contributed by atoms with Crippen LogP contribution in [0.3, 0.4) is 0 Å². The van der Waals surface area contributed by atoms with E-state index in [4.69, 9.17) is 14.9 Å². The van der Waals surface area contributed by atoms with E-state index in [1.807, 2.05) is 13.8 Å². The summed E-state index contributed by atoms with van der Waals surface area (Å²) in [7, 11) is 0. The van der Waals surface area contributed by atoms with Gasteiger partial charge in [-0.3, -0.25) is 9.78 Å². The van der Waals surface area contributed by atoms with Gasteiger partial charge in [-0.05, 0) is 31.0 Å². The molecule has 4 N–H and O–H groups in total. The second-order valence-electron chi connectivity index (χ2n) is 7.31. The molecule has 0 radical (unpaired) electrons. The first-order chi connectivity index (χ1) is 11.3. The number of halogens is 1. The lowest BCUT2D eigenvalue weighted by atomic mass is 9.46. The molecule has 136 valence electrons. The SMILES string of the molecule is CC1(C)C2OCCCC2C1(N)C(=O)Nc1ccc2oc(=O)[nH]c2c1.Cl. The number of benzene rings is 1. The zero-order valence-electron chi connectivity index (χ0n) is 14.1. The fourth-order valence-electron chi connectivity index (χ4n) is 4.30. The molecular formula is C17H22ClN3O4. The van der Waals surface area contributed by atoms with Gasteiger partial charge in [0.25, 0.3) is 0 Å². The Bertz CT molecular complexity index is 874. The molecule has 1 saturated carbocycles. The maximum Gasteiger partial charge on any atom is 0.417 e. The number of hydrogen-bond donors (Lipinski definition) is 3. The summed E-state index contributed by atoms with van der Waals surface area (Å²) in [5.41, 5.74) is 6.73. The Morgan fingerprint density at radius 2 is 2.16 bits per heavy atom. The summed E-state index contributed by atoms with van der Waals surface area (Å²) in [6.45, 7) is 4.69. The van der Waals surface area contributed by atoms with E-state index in [1.54, 1.807) is 18.2 Å². The fraction of sp³-hybridized carbons (Fsp3) is 0.529. The Hall–Kier alpha value is -1.83. The largest absolute Gasteiger partial charge is 0.417 e. The molecule has 4 rings (SSSR count). The second-order valence-corrected chi connectivity index (χ2v) is 7.31. The number of ether oxygens (including phenoxy) is 1. The first-order valence-corrected chi connectivity index (χ1v) is 8.19. The second kappa shape index (κ2) is 5.86. The molecule has 1 aliphatic heterocycles.